The second kappa shape index (κ2) is 5.51. The van der Waals surface area contributed by atoms with E-state index in [1.165, 1.54) is 6.92 Å². The fourth-order valence-corrected chi connectivity index (χ4v) is 1.14. The number of ether oxygens (including phenoxy) is 1. The Kier molecular flexibility index (Phi) is 4.31. The fourth-order valence-electron chi connectivity index (χ4n) is 1.14. The summed E-state index contributed by atoms with van der Waals surface area (Å²) in [6.45, 7) is 5.04. The highest BCUT2D eigenvalue weighted by molar-refractivity contribution is 5.66. The molecule has 0 aliphatic rings. The van der Waals surface area contributed by atoms with Gasteiger partial charge in [-0.25, -0.2) is 0 Å². The average molecular weight is 223 g/mol. The van der Waals surface area contributed by atoms with Crippen molar-refractivity contribution in [1.82, 2.24) is 5.48 Å². The maximum absolute atomic E-state index is 10.9. The molecule has 0 saturated heterocycles. The number of hydrogen-bond donors (Lipinski definition) is 1. The Morgan fingerprint density at radius 2 is 2.00 bits per heavy atom. The molecule has 0 saturated carbocycles. The maximum atomic E-state index is 10.9. The van der Waals surface area contributed by atoms with Gasteiger partial charge in [0.25, 0.3) is 0 Å². The first-order valence-corrected chi connectivity index (χ1v) is 5.24. The number of rotatable bonds is 5. The van der Waals surface area contributed by atoms with E-state index in [1.807, 2.05) is 37.3 Å². The molecule has 1 unspecified atom stereocenters. The van der Waals surface area contributed by atoms with Crippen molar-refractivity contribution < 1.29 is 14.4 Å². The SMILES string of the molecule is CCC(C)(NOc1ccccc1)OC(C)=O. The van der Waals surface area contributed by atoms with Gasteiger partial charge in [0.15, 0.2) is 5.72 Å². The van der Waals surface area contributed by atoms with Crippen LogP contribution in [0.2, 0.25) is 0 Å². The Hall–Kier alpha value is -1.55. The lowest BCUT2D eigenvalue weighted by atomic mass is 10.2. The Morgan fingerprint density at radius 3 is 2.50 bits per heavy atom. The highest BCUT2D eigenvalue weighted by Crippen LogP contribution is 2.14. The van der Waals surface area contributed by atoms with Crippen LogP contribution in [0, 0.1) is 0 Å². The van der Waals surface area contributed by atoms with Gasteiger partial charge in [0.1, 0.15) is 5.75 Å². The molecule has 0 bridgehead atoms. The summed E-state index contributed by atoms with van der Waals surface area (Å²) in [5.74, 6) is 0.336. The van der Waals surface area contributed by atoms with E-state index in [0.717, 1.165) is 0 Å². The van der Waals surface area contributed by atoms with Gasteiger partial charge in [-0.1, -0.05) is 25.1 Å². The van der Waals surface area contributed by atoms with Gasteiger partial charge in [0.05, 0.1) is 0 Å². The summed E-state index contributed by atoms with van der Waals surface area (Å²) in [5, 5.41) is 0. The van der Waals surface area contributed by atoms with Crippen LogP contribution in [0.3, 0.4) is 0 Å². The van der Waals surface area contributed by atoms with Crippen LogP contribution >= 0.6 is 0 Å². The summed E-state index contributed by atoms with van der Waals surface area (Å²) in [6, 6.07) is 9.27. The first-order valence-electron chi connectivity index (χ1n) is 5.24. The van der Waals surface area contributed by atoms with Gasteiger partial charge in [-0.05, 0) is 19.1 Å². The van der Waals surface area contributed by atoms with Crippen LogP contribution in [0.25, 0.3) is 0 Å². The zero-order valence-electron chi connectivity index (χ0n) is 9.82. The Bertz CT molecular complexity index is 339. The minimum atomic E-state index is -0.804. The first-order chi connectivity index (χ1) is 7.56. The summed E-state index contributed by atoms with van der Waals surface area (Å²) < 4.78 is 5.13. The molecule has 0 radical (unpaired) electrons. The predicted molar refractivity (Wildman–Crippen MR) is 60.7 cm³/mol. The number of carbonyl (C=O) groups is 1. The minimum Gasteiger partial charge on any atom is -0.441 e. The number of carbonyl (C=O) groups excluding carboxylic acids is 1. The van der Waals surface area contributed by atoms with Crippen LogP contribution in [-0.4, -0.2) is 11.7 Å². The van der Waals surface area contributed by atoms with E-state index in [2.05, 4.69) is 5.48 Å². The number of hydroxylamine groups is 1. The molecular formula is C12H17NO3. The van der Waals surface area contributed by atoms with Gasteiger partial charge in [0, 0.05) is 13.3 Å². The molecule has 1 aromatic carbocycles. The molecule has 0 aliphatic carbocycles. The molecule has 4 heteroatoms. The standard InChI is InChI=1S/C12H17NO3/c1-4-12(3,15-10(2)14)13-16-11-8-6-5-7-9-11/h5-9,13H,4H2,1-3H3. The lowest BCUT2D eigenvalue weighted by Crippen LogP contribution is -2.47. The highest BCUT2D eigenvalue weighted by atomic mass is 16.7. The third-order valence-electron chi connectivity index (χ3n) is 2.17. The van der Waals surface area contributed by atoms with Gasteiger partial charge in [-0.2, -0.15) is 0 Å². The van der Waals surface area contributed by atoms with E-state index < -0.39 is 5.72 Å². The van der Waals surface area contributed by atoms with E-state index >= 15 is 0 Å². The van der Waals surface area contributed by atoms with Crippen LogP contribution in [0.5, 0.6) is 5.75 Å². The van der Waals surface area contributed by atoms with Crippen molar-refractivity contribution in [2.24, 2.45) is 0 Å². The zero-order chi connectivity index (χ0) is 12.0. The van der Waals surface area contributed by atoms with Crippen molar-refractivity contribution in [3.05, 3.63) is 30.3 Å². The van der Waals surface area contributed by atoms with Crippen molar-refractivity contribution in [3.63, 3.8) is 0 Å². The zero-order valence-corrected chi connectivity index (χ0v) is 9.82. The molecule has 0 aromatic heterocycles. The van der Waals surface area contributed by atoms with Crippen molar-refractivity contribution >= 4 is 5.97 Å². The summed E-state index contributed by atoms with van der Waals surface area (Å²) in [4.78, 5) is 16.2. The number of nitrogens with one attached hydrogen (secondary N) is 1. The largest absolute Gasteiger partial charge is 0.441 e. The third kappa shape index (κ3) is 3.90. The number of esters is 1. The van der Waals surface area contributed by atoms with Gasteiger partial charge in [-0.3, -0.25) is 4.79 Å². The normalized spacial score (nSPS) is 13.9. The van der Waals surface area contributed by atoms with Gasteiger partial charge in [0.2, 0.25) is 0 Å². The molecule has 0 heterocycles. The molecule has 0 fully saturated rings. The van der Waals surface area contributed by atoms with Crippen LogP contribution in [0.15, 0.2) is 30.3 Å². The average Bonchev–Trinajstić information content (AvgIpc) is 2.27. The van der Waals surface area contributed by atoms with Crippen molar-refractivity contribution in [1.29, 1.82) is 0 Å². The number of para-hydroxylation sites is 1. The first kappa shape index (κ1) is 12.5. The van der Waals surface area contributed by atoms with Gasteiger partial charge < -0.3 is 9.57 Å². The van der Waals surface area contributed by atoms with E-state index in [4.69, 9.17) is 9.57 Å². The molecule has 0 aliphatic heterocycles. The third-order valence-corrected chi connectivity index (χ3v) is 2.17. The Balaban J connectivity index is 2.54. The molecule has 16 heavy (non-hydrogen) atoms. The molecular weight excluding hydrogens is 206 g/mol. The van der Waals surface area contributed by atoms with E-state index in [9.17, 15) is 4.79 Å². The van der Waals surface area contributed by atoms with Crippen LogP contribution in [0.4, 0.5) is 0 Å². The number of hydrogen-bond acceptors (Lipinski definition) is 4. The molecule has 4 nitrogen and oxygen atoms in total. The highest BCUT2D eigenvalue weighted by Gasteiger charge is 2.25. The van der Waals surface area contributed by atoms with Crippen molar-refractivity contribution in [3.8, 4) is 5.75 Å². The molecule has 1 rings (SSSR count). The Morgan fingerprint density at radius 1 is 1.38 bits per heavy atom. The topological polar surface area (TPSA) is 47.6 Å². The lowest BCUT2D eigenvalue weighted by molar-refractivity contribution is -0.170. The monoisotopic (exact) mass is 223 g/mol. The van der Waals surface area contributed by atoms with E-state index in [0.29, 0.717) is 12.2 Å². The van der Waals surface area contributed by atoms with Crippen LogP contribution in [0.1, 0.15) is 27.2 Å². The fraction of sp³-hybridized carbons (Fsp3) is 0.417. The molecule has 1 aromatic rings. The summed E-state index contributed by atoms with van der Waals surface area (Å²) in [5.41, 5.74) is 1.95. The maximum Gasteiger partial charge on any atom is 0.304 e. The summed E-state index contributed by atoms with van der Waals surface area (Å²) in [6.07, 6.45) is 0.611. The van der Waals surface area contributed by atoms with Gasteiger partial charge in [-0.15, -0.1) is 5.48 Å². The smallest absolute Gasteiger partial charge is 0.304 e. The number of benzene rings is 1. The second-order valence-electron chi connectivity index (χ2n) is 3.70. The molecule has 1 atom stereocenters. The predicted octanol–water partition coefficient (Wildman–Crippen LogP) is 2.26. The summed E-state index contributed by atoms with van der Waals surface area (Å²) in [7, 11) is 0. The van der Waals surface area contributed by atoms with Crippen molar-refractivity contribution in [2.45, 2.75) is 32.9 Å². The van der Waals surface area contributed by atoms with E-state index in [-0.39, 0.29) is 5.97 Å². The molecule has 0 amide bonds. The van der Waals surface area contributed by atoms with Crippen molar-refractivity contribution in [2.75, 3.05) is 0 Å². The molecule has 0 spiro atoms. The minimum absolute atomic E-state index is 0.339. The van der Waals surface area contributed by atoms with Gasteiger partial charge >= 0.3 is 5.97 Å². The summed E-state index contributed by atoms with van der Waals surface area (Å²) >= 11 is 0. The van der Waals surface area contributed by atoms with Crippen LogP contribution in [-0.2, 0) is 9.53 Å². The van der Waals surface area contributed by atoms with E-state index in [1.54, 1.807) is 6.92 Å². The quantitative estimate of drug-likeness (QED) is 0.472. The second-order valence-corrected chi connectivity index (χ2v) is 3.70. The lowest BCUT2D eigenvalue weighted by Gasteiger charge is -2.28. The van der Waals surface area contributed by atoms with Crippen LogP contribution < -0.4 is 10.3 Å². The molecule has 88 valence electrons. The molecule has 1 N–H and O–H groups in total. The Labute approximate surface area is 95.5 Å².